The maximum atomic E-state index is 6.00. The number of guanidine groups is 1. The standard InChI is InChI=1S/C15H16ClN5OS.HI/c1-17-15(21(2)9-11-5-6-22-20-11)18-8-14-19-12-7-10(16)3-4-13(12)23-14;/h3-7H,8-9H2,1-2H3,(H,17,18);1H. The summed E-state index contributed by atoms with van der Waals surface area (Å²) in [4.78, 5) is 10.8. The van der Waals surface area contributed by atoms with Gasteiger partial charge in [0.2, 0.25) is 0 Å². The maximum absolute atomic E-state index is 6.00. The first kappa shape index (κ1) is 18.9. The van der Waals surface area contributed by atoms with Gasteiger partial charge in [-0.1, -0.05) is 16.8 Å². The Morgan fingerprint density at radius 3 is 2.96 bits per heavy atom. The predicted molar refractivity (Wildman–Crippen MR) is 108 cm³/mol. The summed E-state index contributed by atoms with van der Waals surface area (Å²) in [6, 6.07) is 7.58. The summed E-state index contributed by atoms with van der Waals surface area (Å²) in [5.74, 6) is 0.769. The fourth-order valence-corrected chi connectivity index (χ4v) is 3.25. The normalized spacial score (nSPS) is 11.4. The first-order chi connectivity index (χ1) is 11.2. The Hall–Kier alpha value is -1.39. The van der Waals surface area contributed by atoms with Gasteiger partial charge in [-0.05, 0) is 18.2 Å². The van der Waals surface area contributed by atoms with Crippen molar-refractivity contribution in [2.45, 2.75) is 13.1 Å². The topological polar surface area (TPSA) is 66.6 Å². The maximum Gasteiger partial charge on any atom is 0.194 e. The van der Waals surface area contributed by atoms with Crippen molar-refractivity contribution < 1.29 is 4.52 Å². The van der Waals surface area contributed by atoms with Crippen LogP contribution in [0.25, 0.3) is 10.2 Å². The third kappa shape index (κ3) is 4.58. The van der Waals surface area contributed by atoms with Crippen LogP contribution < -0.4 is 5.32 Å². The summed E-state index contributed by atoms with van der Waals surface area (Å²) in [7, 11) is 3.70. The van der Waals surface area contributed by atoms with Crippen molar-refractivity contribution >= 4 is 63.1 Å². The van der Waals surface area contributed by atoms with Crippen LogP contribution in [0.3, 0.4) is 0 Å². The minimum atomic E-state index is 0. The molecule has 128 valence electrons. The van der Waals surface area contributed by atoms with E-state index in [4.69, 9.17) is 16.1 Å². The van der Waals surface area contributed by atoms with Gasteiger partial charge in [-0.25, -0.2) is 4.98 Å². The zero-order valence-electron chi connectivity index (χ0n) is 13.2. The molecule has 0 saturated carbocycles. The molecule has 1 aromatic carbocycles. The first-order valence-corrected chi connectivity index (χ1v) is 8.21. The lowest BCUT2D eigenvalue weighted by molar-refractivity contribution is 0.391. The highest BCUT2D eigenvalue weighted by Gasteiger charge is 2.10. The molecule has 1 N–H and O–H groups in total. The molecule has 2 aromatic heterocycles. The van der Waals surface area contributed by atoms with E-state index in [2.05, 4.69) is 20.4 Å². The minimum Gasteiger partial charge on any atom is -0.364 e. The fraction of sp³-hybridized carbons (Fsp3) is 0.267. The second-order valence-corrected chi connectivity index (χ2v) is 6.52. The van der Waals surface area contributed by atoms with Crippen molar-refractivity contribution in [1.29, 1.82) is 0 Å². The van der Waals surface area contributed by atoms with Crippen molar-refractivity contribution in [3.63, 3.8) is 0 Å². The van der Waals surface area contributed by atoms with E-state index >= 15 is 0 Å². The molecule has 24 heavy (non-hydrogen) atoms. The number of thiazole rings is 1. The molecule has 0 radical (unpaired) electrons. The Balaban J connectivity index is 0.00000208. The quantitative estimate of drug-likeness (QED) is 0.352. The number of hydrogen-bond acceptors (Lipinski definition) is 5. The molecule has 3 aromatic rings. The van der Waals surface area contributed by atoms with E-state index in [-0.39, 0.29) is 24.0 Å². The van der Waals surface area contributed by atoms with E-state index in [1.807, 2.05) is 36.2 Å². The van der Waals surface area contributed by atoms with Gasteiger partial charge in [0.25, 0.3) is 0 Å². The number of nitrogens with one attached hydrogen (secondary N) is 1. The number of rotatable bonds is 4. The van der Waals surface area contributed by atoms with E-state index in [0.717, 1.165) is 26.9 Å². The molecule has 0 aliphatic rings. The lowest BCUT2D eigenvalue weighted by atomic mass is 10.3. The lowest BCUT2D eigenvalue weighted by Gasteiger charge is -2.20. The third-order valence-electron chi connectivity index (χ3n) is 3.26. The third-order valence-corrected chi connectivity index (χ3v) is 4.53. The van der Waals surface area contributed by atoms with Crippen LogP contribution in [0.1, 0.15) is 10.7 Å². The second kappa shape index (κ2) is 8.63. The number of halogens is 2. The van der Waals surface area contributed by atoms with Crippen LogP contribution in [0.4, 0.5) is 0 Å². The van der Waals surface area contributed by atoms with Crippen molar-refractivity contribution in [1.82, 2.24) is 20.4 Å². The first-order valence-electron chi connectivity index (χ1n) is 7.01. The van der Waals surface area contributed by atoms with Gasteiger partial charge in [0, 0.05) is 25.2 Å². The van der Waals surface area contributed by atoms with E-state index in [0.29, 0.717) is 18.1 Å². The van der Waals surface area contributed by atoms with Gasteiger partial charge in [0.15, 0.2) is 5.96 Å². The molecule has 0 aliphatic heterocycles. The molecule has 9 heteroatoms. The van der Waals surface area contributed by atoms with Gasteiger partial charge < -0.3 is 14.7 Å². The Labute approximate surface area is 165 Å². The zero-order valence-corrected chi connectivity index (χ0v) is 17.1. The summed E-state index contributed by atoms with van der Waals surface area (Å²) >= 11 is 7.64. The minimum absolute atomic E-state index is 0. The monoisotopic (exact) mass is 477 g/mol. The molecular formula is C15H17ClIN5OS. The van der Waals surface area contributed by atoms with Gasteiger partial charge in [0.05, 0.1) is 23.3 Å². The Kier molecular flexibility index (Phi) is 6.81. The number of hydrogen-bond donors (Lipinski definition) is 1. The Bertz CT molecular complexity index is 821. The molecule has 2 heterocycles. The fourth-order valence-electron chi connectivity index (χ4n) is 2.20. The van der Waals surface area contributed by atoms with Crippen molar-refractivity contribution in [3.05, 3.63) is 46.3 Å². The highest BCUT2D eigenvalue weighted by Crippen LogP contribution is 2.24. The van der Waals surface area contributed by atoms with Gasteiger partial charge in [0.1, 0.15) is 17.0 Å². The molecular weight excluding hydrogens is 461 g/mol. The van der Waals surface area contributed by atoms with E-state index < -0.39 is 0 Å². The van der Waals surface area contributed by atoms with Gasteiger partial charge in [-0.3, -0.25) is 4.99 Å². The lowest BCUT2D eigenvalue weighted by Crippen LogP contribution is -2.38. The Morgan fingerprint density at radius 1 is 1.42 bits per heavy atom. The van der Waals surface area contributed by atoms with E-state index in [1.54, 1.807) is 24.6 Å². The molecule has 3 rings (SSSR count). The second-order valence-electron chi connectivity index (χ2n) is 4.97. The average molecular weight is 478 g/mol. The molecule has 0 unspecified atom stereocenters. The summed E-state index contributed by atoms with van der Waals surface area (Å²) in [5, 5.41) is 8.90. The van der Waals surface area contributed by atoms with E-state index in [1.165, 1.54) is 0 Å². The average Bonchev–Trinajstić information content (AvgIpc) is 3.16. The summed E-state index contributed by atoms with van der Waals surface area (Å²) < 4.78 is 5.97. The number of aliphatic imine (C=N–C) groups is 1. The highest BCUT2D eigenvalue weighted by molar-refractivity contribution is 14.0. The van der Waals surface area contributed by atoms with E-state index in [9.17, 15) is 0 Å². The predicted octanol–water partition coefficient (Wildman–Crippen LogP) is 3.76. The van der Waals surface area contributed by atoms with Crippen LogP contribution in [-0.4, -0.2) is 35.1 Å². The van der Waals surface area contributed by atoms with Crippen molar-refractivity contribution in [2.75, 3.05) is 14.1 Å². The Morgan fingerprint density at radius 2 is 2.25 bits per heavy atom. The van der Waals surface area contributed by atoms with Gasteiger partial charge in [-0.15, -0.1) is 35.3 Å². The zero-order chi connectivity index (χ0) is 16.2. The molecule has 0 fully saturated rings. The molecule has 0 spiro atoms. The molecule has 0 bridgehead atoms. The molecule has 6 nitrogen and oxygen atoms in total. The van der Waals surface area contributed by atoms with Gasteiger partial charge >= 0.3 is 0 Å². The summed E-state index contributed by atoms with van der Waals surface area (Å²) in [6.45, 7) is 1.22. The van der Waals surface area contributed by atoms with Crippen LogP contribution in [0.5, 0.6) is 0 Å². The van der Waals surface area contributed by atoms with Crippen LogP contribution in [0.15, 0.2) is 40.0 Å². The van der Waals surface area contributed by atoms with Crippen LogP contribution in [-0.2, 0) is 13.1 Å². The summed E-state index contributed by atoms with van der Waals surface area (Å²) in [6.07, 6.45) is 1.56. The molecule has 0 aliphatic carbocycles. The smallest absolute Gasteiger partial charge is 0.194 e. The number of nitrogens with zero attached hydrogens (tertiary/aromatic N) is 4. The largest absolute Gasteiger partial charge is 0.364 e. The van der Waals surface area contributed by atoms with Crippen LogP contribution in [0.2, 0.25) is 5.02 Å². The molecule has 0 saturated heterocycles. The SMILES string of the molecule is CN=C(NCc1nc2cc(Cl)ccc2s1)N(C)Cc1ccon1.I. The van der Waals surface area contributed by atoms with Crippen molar-refractivity contribution in [2.24, 2.45) is 4.99 Å². The number of aromatic nitrogens is 2. The van der Waals surface area contributed by atoms with Crippen LogP contribution in [0, 0.1) is 0 Å². The van der Waals surface area contributed by atoms with Gasteiger partial charge in [-0.2, -0.15) is 0 Å². The van der Waals surface area contributed by atoms with Crippen molar-refractivity contribution in [3.8, 4) is 0 Å². The highest BCUT2D eigenvalue weighted by atomic mass is 127. The number of benzene rings is 1. The molecule has 0 amide bonds. The molecule has 0 atom stereocenters. The summed E-state index contributed by atoms with van der Waals surface area (Å²) in [5.41, 5.74) is 1.77. The number of fused-ring (bicyclic) bond motifs is 1. The van der Waals surface area contributed by atoms with Crippen LogP contribution >= 0.6 is 46.9 Å².